The highest BCUT2D eigenvalue weighted by molar-refractivity contribution is 5.80. The summed E-state index contributed by atoms with van der Waals surface area (Å²) in [6.07, 6.45) is 2.86. The molecule has 1 heterocycles. The molecule has 0 aliphatic heterocycles. The second-order valence-electron chi connectivity index (χ2n) is 5.55. The summed E-state index contributed by atoms with van der Waals surface area (Å²) in [6, 6.07) is 15.3. The zero-order valence-corrected chi connectivity index (χ0v) is 13.7. The van der Waals surface area contributed by atoms with Crippen molar-refractivity contribution in [1.29, 1.82) is 0 Å². The maximum atomic E-state index is 13.1. The third kappa shape index (κ3) is 4.44. The van der Waals surface area contributed by atoms with Gasteiger partial charge in [-0.2, -0.15) is 5.10 Å². The second kappa shape index (κ2) is 7.61. The molecule has 0 spiro atoms. The minimum Gasteiger partial charge on any atom is -0.481 e. The number of rotatable bonds is 6. The van der Waals surface area contributed by atoms with Crippen LogP contribution in [0.5, 0.6) is 5.75 Å². The van der Waals surface area contributed by atoms with Crippen LogP contribution in [-0.4, -0.2) is 21.8 Å². The zero-order valence-electron chi connectivity index (χ0n) is 13.7. The number of carbonyl (C=O) groups excluding carboxylic acids is 1. The van der Waals surface area contributed by atoms with E-state index in [1.54, 1.807) is 23.9 Å². The lowest BCUT2D eigenvalue weighted by molar-refractivity contribution is -0.127. The van der Waals surface area contributed by atoms with Gasteiger partial charge in [0, 0.05) is 25.0 Å². The molecule has 1 aromatic heterocycles. The highest BCUT2D eigenvalue weighted by Crippen LogP contribution is 2.14. The number of halogens is 1. The van der Waals surface area contributed by atoms with Crippen LogP contribution in [0.15, 0.2) is 67.0 Å². The topological polar surface area (TPSA) is 56.1 Å². The van der Waals surface area contributed by atoms with Crippen LogP contribution in [0.3, 0.4) is 0 Å². The van der Waals surface area contributed by atoms with E-state index in [0.29, 0.717) is 12.3 Å². The van der Waals surface area contributed by atoms with Gasteiger partial charge in [0.05, 0.1) is 5.69 Å². The van der Waals surface area contributed by atoms with E-state index in [0.717, 1.165) is 11.3 Å². The van der Waals surface area contributed by atoms with E-state index in [1.807, 2.05) is 36.5 Å². The molecule has 128 valence electrons. The first-order valence-corrected chi connectivity index (χ1v) is 7.91. The summed E-state index contributed by atoms with van der Waals surface area (Å²) in [5.41, 5.74) is 1.91. The summed E-state index contributed by atoms with van der Waals surface area (Å²) in [5.74, 6) is -0.339. The molecule has 0 saturated carbocycles. The summed E-state index contributed by atoms with van der Waals surface area (Å²) in [4.78, 5) is 12.1. The van der Waals surface area contributed by atoms with Gasteiger partial charge in [-0.25, -0.2) is 9.07 Å². The van der Waals surface area contributed by atoms with Gasteiger partial charge in [0.15, 0.2) is 6.10 Å². The molecule has 2 aromatic carbocycles. The molecule has 3 rings (SSSR count). The smallest absolute Gasteiger partial charge is 0.261 e. The number of amides is 1. The Morgan fingerprint density at radius 1 is 1.24 bits per heavy atom. The molecular formula is C19H18FN3O2. The van der Waals surface area contributed by atoms with Crippen LogP contribution < -0.4 is 10.1 Å². The molecule has 1 amide bonds. The number of benzene rings is 2. The average molecular weight is 339 g/mol. The van der Waals surface area contributed by atoms with E-state index in [2.05, 4.69) is 10.4 Å². The number of hydrogen-bond donors (Lipinski definition) is 1. The molecule has 1 atom stereocenters. The Balaban J connectivity index is 1.53. The number of ether oxygens (including phenoxy) is 1. The van der Waals surface area contributed by atoms with E-state index in [4.69, 9.17) is 4.74 Å². The summed E-state index contributed by atoms with van der Waals surface area (Å²) in [6.45, 7) is 2.01. The molecule has 0 saturated heterocycles. The predicted molar refractivity (Wildman–Crippen MR) is 91.9 cm³/mol. The number of carbonyl (C=O) groups is 1. The van der Waals surface area contributed by atoms with Gasteiger partial charge in [-0.1, -0.05) is 18.2 Å². The summed E-state index contributed by atoms with van der Waals surface area (Å²) in [7, 11) is 0. The minimum atomic E-state index is -0.717. The standard InChI is InChI=1S/C19H18FN3O2/c1-14(25-18-5-2-4-16(20)12-18)19(24)21-13-15-6-8-17(9-7-15)23-11-3-10-22-23/h2-12,14H,13H2,1H3,(H,21,24). The molecular weight excluding hydrogens is 321 g/mol. The van der Waals surface area contributed by atoms with Gasteiger partial charge in [-0.3, -0.25) is 4.79 Å². The van der Waals surface area contributed by atoms with E-state index < -0.39 is 11.9 Å². The second-order valence-corrected chi connectivity index (χ2v) is 5.55. The monoisotopic (exact) mass is 339 g/mol. The van der Waals surface area contributed by atoms with Crippen molar-refractivity contribution in [2.75, 3.05) is 0 Å². The third-order valence-electron chi connectivity index (χ3n) is 3.65. The SMILES string of the molecule is CC(Oc1cccc(F)c1)C(=O)NCc1ccc(-n2cccn2)cc1. The lowest BCUT2D eigenvalue weighted by atomic mass is 10.2. The largest absolute Gasteiger partial charge is 0.481 e. The van der Waals surface area contributed by atoms with Gasteiger partial charge in [0.25, 0.3) is 5.91 Å². The minimum absolute atomic E-state index is 0.264. The van der Waals surface area contributed by atoms with Crippen molar-refractivity contribution in [3.8, 4) is 11.4 Å². The van der Waals surface area contributed by atoms with Gasteiger partial charge in [-0.05, 0) is 42.8 Å². The van der Waals surface area contributed by atoms with Crippen molar-refractivity contribution >= 4 is 5.91 Å². The van der Waals surface area contributed by atoms with Crippen LogP contribution in [0, 0.1) is 5.82 Å². The molecule has 3 aromatic rings. The van der Waals surface area contributed by atoms with Crippen LogP contribution in [0.4, 0.5) is 4.39 Å². The fourth-order valence-corrected chi connectivity index (χ4v) is 2.32. The van der Waals surface area contributed by atoms with Crippen LogP contribution in [-0.2, 0) is 11.3 Å². The maximum absolute atomic E-state index is 13.1. The van der Waals surface area contributed by atoms with Crippen LogP contribution >= 0.6 is 0 Å². The number of nitrogens with one attached hydrogen (secondary N) is 1. The third-order valence-corrected chi connectivity index (χ3v) is 3.65. The zero-order chi connectivity index (χ0) is 17.6. The van der Waals surface area contributed by atoms with Gasteiger partial charge in [-0.15, -0.1) is 0 Å². The molecule has 5 nitrogen and oxygen atoms in total. The van der Waals surface area contributed by atoms with Gasteiger partial charge < -0.3 is 10.1 Å². The van der Waals surface area contributed by atoms with E-state index >= 15 is 0 Å². The average Bonchev–Trinajstić information content (AvgIpc) is 3.14. The first-order valence-electron chi connectivity index (χ1n) is 7.91. The fraction of sp³-hybridized carbons (Fsp3) is 0.158. The highest BCUT2D eigenvalue weighted by Gasteiger charge is 2.14. The van der Waals surface area contributed by atoms with E-state index in [1.165, 1.54) is 18.2 Å². The number of hydrogen-bond acceptors (Lipinski definition) is 3. The molecule has 6 heteroatoms. The lowest BCUT2D eigenvalue weighted by Gasteiger charge is -2.15. The Kier molecular flexibility index (Phi) is 5.09. The summed E-state index contributed by atoms with van der Waals surface area (Å²) < 4.78 is 20.3. The lowest BCUT2D eigenvalue weighted by Crippen LogP contribution is -2.35. The van der Waals surface area contributed by atoms with E-state index in [-0.39, 0.29) is 5.91 Å². The Hall–Kier alpha value is -3.15. The van der Waals surface area contributed by atoms with Crippen LogP contribution in [0.25, 0.3) is 5.69 Å². The van der Waals surface area contributed by atoms with Gasteiger partial charge >= 0.3 is 0 Å². The molecule has 0 radical (unpaired) electrons. The van der Waals surface area contributed by atoms with Crippen LogP contribution in [0.1, 0.15) is 12.5 Å². The maximum Gasteiger partial charge on any atom is 0.261 e. The summed E-state index contributed by atoms with van der Waals surface area (Å²) >= 11 is 0. The molecule has 0 bridgehead atoms. The van der Waals surface area contributed by atoms with Crippen molar-refractivity contribution < 1.29 is 13.9 Å². The predicted octanol–water partition coefficient (Wildman–Crippen LogP) is 3.10. The molecule has 0 aliphatic carbocycles. The Labute approximate surface area is 145 Å². The van der Waals surface area contributed by atoms with Crippen molar-refractivity contribution in [3.05, 3.63) is 78.4 Å². The van der Waals surface area contributed by atoms with Crippen molar-refractivity contribution in [1.82, 2.24) is 15.1 Å². The summed E-state index contributed by atoms with van der Waals surface area (Å²) in [5, 5.41) is 6.97. The normalized spacial score (nSPS) is 11.8. The Morgan fingerprint density at radius 3 is 2.72 bits per heavy atom. The quantitative estimate of drug-likeness (QED) is 0.751. The Morgan fingerprint density at radius 2 is 2.04 bits per heavy atom. The number of nitrogens with zero attached hydrogens (tertiary/aromatic N) is 2. The van der Waals surface area contributed by atoms with Crippen molar-refractivity contribution in [2.24, 2.45) is 0 Å². The van der Waals surface area contributed by atoms with Crippen molar-refractivity contribution in [2.45, 2.75) is 19.6 Å². The van der Waals surface area contributed by atoms with E-state index in [9.17, 15) is 9.18 Å². The molecule has 0 fully saturated rings. The van der Waals surface area contributed by atoms with Gasteiger partial charge in [0.2, 0.25) is 0 Å². The van der Waals surface area contributed by atoms with Crippen molar-refractivity contribution in [3.63, 3.8) is 0 Å². The molecule has 0 aliphatic rings. The molecule has 25 heavy (non-hydrogen) atoms. The molecule has 1 N–H and O–H groups in total. The number of aromatic nitrogens is 2. The van der Waals surface area contributed by atoms with Crippen LogP contribution in [0.2, 0.25) is 0 Å². The first-order chi connectivity index (χ1) is 12.1. The fourth-order valence-electron chi connectivity index (χ4n) is 2.32. The molecule has 1 unspecified atom stereocenters. The Bertz CT molecular complexity index is 832. The van der Waals surface area contributed by atoms with Gasteiger partial charge in [0.1, 0.15) is 11.6 Å². The highest BCUT2D eigenvalue weighted by atomic mass is 19.1. The first kappa shape index (κ1) is 16.7.